The van der Waals surface area contributed by atoms with Gasteiger partial charge in [0.2, 0.25) is 5.91 Å². The molecule has 21 heavy (non-hydrogen) atoms. The first-order valence-electron chi connectivity index (χ1n) is 8.94. The first kappa shape index (κ1) is 14.0. The highest BCUT2D eigenvalue weighted by molar-refractivity contribution is 5.84. The fourth-order valence-corrected chi connectivity index (χ4v) is 6.87. The van der Waals surface area contributed by atoms with Crippen molar-refractivity contribution in [3.63, 3.8) is 0 Å². The Morgan fingerprint density at radius 2 is 1.86 bits per heavy atom. The highest BCUT2D eigenvalue weighted by atomic mass is 16.2. The van der Waals surface area contributed by atoms with Crippen LogP contribution in [0.4, 0.5) is 0 Å². The number of hydrogen-bond donors (Lipinski definition) is 1. The van der Waals surface area contributed by atoms with Crippen LogP contribution >= 0.6 is 0 Å². The van der Waals surface area contributed by atoms with E-state index in [9.17, 15) is 4.79 Å². The topological polar surface area (TPSA) is 46.3 Å². The molecule has 118 valence electrons. The van der Waals surface area contributed by atoms with Crippen molar-refractivity contribution in [2.75, 3.05) is 13.1 Å². The smallest absolute Gasteiger partial charge is 0.229 e. The second-order valence-corrected chi connectivity index (χ2v) is 9.20. The van der Waals surface area contributed by atoms with Gasteiger partial charge in [-0.3, -0.25) is 4.79 Å². The molecule has 0 radical (unpaired) electrons. The van der Waals surface area contributed by atoms with E-state index in [-0.39, 0.29) is 5.41 Å². The van der Waals surface area contributed by atoms with Crippen molar-refractivity contribution in [1.82, 2.24) is 4.90 Å². The van der Waals surface area contributed by atoms with Crippen molar-refractivity contribution in [1.29, 1.82) is 0 Å². The summed E-state index contributed by atoms with van der Waals surface area (Å²) in [7, 11) is 0. The van der Waals surface area contributed by atoms with E-state index in [4.69, 9.17) is 5.73 Å². The van der Waals surface area contributed by atoms with Crippen LogP contribution in [0.2, 0.25) is 0 Å². The van der Waals surface area contributed by atoms with E-state index < -0.39 is 0 Å². The minimum atomic E-state index is -0.00339. The van der Waals surface area contributed by atoms with Crippen molar-refractivity contribution in [3.05, 3.63) is 0 Å². The minimum absolute atomic E-state index is 0.00339. The van der Waals surface area contributed by atoms with E-state index in [1.165, 1.54) is 32.1 Å². The SMILES string of the molecule is CC1CC(CN)CN1C(=O)C12CC3CC(CC(C)(C3)C1)C2. The van der Waals surface area contributed by atoms with E-state index >= 15 is 0 Å². The Morgan fingerprint density at radius 1 is 1.19 bits per heavy atom. The molecule has 1 amide bonds. The van der Waals surface area contributed by atoms with E-state index in [0.717, 1.165) is 37.8 Å². The van der Waals surface area contributed by atoms with Crippen LogP contribution in [0.15, 0.2) is 0 Å². The van der Waals surface area contributed by atoms with Gasteiger partial charge in [0.05, 0.1) is 5.41 Å². The van der Waals surface area contributed by atoms with Crippen molar-refractivity contribution in [2.24, 2.45) is 34.3 Å². The summed E-state index contributed by atoms with van der Waals surface area (Å²) in [6.07, 6.45) is 8.75. The first-order chi connectivity index (χ1) is 9.93. The van der Waals surface area contributed by atoms with E-state index in [1.807, 2.05) is 0 Å². The largest absolute Gasteiger partial charge is 0.339 e. The zero-order chi connectivity index (χ0) is 14.8. The number of nitrogens with zero attached hydrogens (tertiary/aromatic N) is 1. The number of rotatable bonds is 2. The number of likely N-dealkylation sites (tertiary alicyclic amines) is 1. The molecule has 2 N–H and O–H groups in total. The molecule has 0 spiro atoms. The Balaban J connectivity index is 1.59. The number of hydrogen-bond acceptors (Lipinski definition) is 2. The lowest BCUT2D eigenvalue weighted by Crippen LogP contribution is -2.58. The molecular formula is C18H30N2O. The zero-order valence-corrected chi connectivity index (χ0v) is 13.6. The molecule has 4 bridgehead atoms. The Bertz CT molecular complexity index is 446. The molecule has 5 fully saturated rings. The van der Waals surface area contributed by atoms with E-state index in [0.29, 0.717) is 23.3 Å². The predicted octanol–water partition coefficient (Wildman–Crippen LogP) is 2.79. The van der Waals surface area contributed by atoms with Crippen LogP contribution < -0.4 is 5.73 Å². The molecule has 3 heteroatoms. The molecule has 0 aromatic heterocycles. The monoisotopic (exact) mass is 290 g/mol. The molecule has 1 saturated heterocycles. The summed E-state index contributed by atoms with van der Waals surface area (Å²) >= 11 is 0. The summed E-state index contributed by atoms with van der Waals surface area (Å²) in [6.45, 7) is 6.30. The van der Waals surface area contributed by atoms with Crippen LogP contribution in [0.3, 0.4) is 0 Å². The van der Waals surface area contributed by atoms with Crippen LogP contribution in [-0.2, 0) is 4.79 Å². The molecular weight excluding hydrogens is 260 g/mol. The lowest BCUT2D eigenvalue weighted by atomic mass is 9.44. The average molecular weight is 290 g/mol. The maximum atomic E-state index is 13.4. The number of carbonyl (C=O) groups is 1. The summed E-state index contributed by atoms with van der Waals surface area (Å²) < 4.78 is 0. The summed E-state index contributed by atoms with van der Waals surface area (Å²) in [5.74, 6) is 2.66. The summed E-state index contributed by atoms with van der Waals surface area (Å²) in [6, 6.07) is 0.395. The quantitative estimate of drug-likeness (QED) is 0.850. The molecule has 5 aliphatic rings. The van der Waals surface area contributed by atoms with Crippen molar-refractivity contribution in [3.8, 4) is 0 Å². The Labute approximate surface area is 128 Å². The van der Waals surface area contributed by atoms with Crippen molar-refractivity contribution in [2.45, 2.75) is 64.8 Å². The highest BCUT2D eigenvalue weighted by Gasteiger charge is 2.60. The van der Waals surface area contributed by atoms with Gasteiger partial charge >= 0.3 is 0 Å². The Hall–Kier alpha value is -0.570. The minimum Gasteiger partial charge on any atom is -0.339 e. The van der Waals surface area contributed by atoms with Crippen LogP contribution in [0.25, 0.3) is 0 Å². The van der Waals surface area contributed by atoms with Gasteiger partial charge in [-0.25, -0.2) is 0 Å². The molecule has 3 nitrogen and oxygen atoms in total. The molecule has 4 unspecified atom stereocenters. The molecule has 0 aromatic rings. The molecule has 1 aliphatic heterocycles. The third kappa shape index (κ3) is 2.07. The van der Waals surface area contributed by atoms with E-state index in [1.54, 1.807) is 0 Å². The number of carbonyl (C=O) groups excluding carboxylic acids is 1. The molecule has 5 rings (SSSR count). The van der Waals surface area contributed by atoms with Gasteiger partial charge in [-0.15, -0.1) is 0 Å². The second-order valence-electron chi connectivity index (χ2n) is 9.20. The van der Waals surface area contributed by atoms with Gasteiger partial charge in [0.15, 0.2) is 0 Å². The lowest BCUT2D eigenvalue weighted by molar-refractivity contribution is -0.166. The summed E-state index contributed by atoms with van der Waals surface area (Å²) in [4.78, 5) is 15.6. The molecule has 4 aliphatic carbocycles. The fraction of sp³-hybridized carbons (Fsp3) is 0.944. The van der Waals surface area contributed by atoms with Gasteiger partial charge in [-0.1, -0.05) is 6.92 Å². The Kier molecular flexibility index (Phi) is 2.99. The van der Waals surface area contributed by atoms with Gasteiger partial charge in [0.1, 0.15) is 0 Å². The molecule has 4 saturated carbocycles. The second kappa shape index (κ2) is 4.47. The van der Waals surface area contributed by atoms with Gasteiger partial charge in [-0.2, -0.15) is 0 Å². The van der Waals surface area contributed by atoms with Gasteiger partial charge in [0, 0.05) is 12.6 Å². The predicted molar refractivity (Wildman–Crippen MR) is 83.6 cm³/mol. The highest BCUT2D eigenvalue weighted by Crippen LogP contribution is 2.65. The van der Waals surface area contributed by atoms with Crippen molar-refractivity contribution >= 4 is 5.91 Å². The first-order valence-corrected chi connectivity index (χ1v) is 8.94. The summed E-state index contributed by atoms with van der Waals surface area (Å²) in [5.41, 5.74) is 6.30. The van der Waals surface area contributed by atoms with Crippen LogP contribution in [0, 0.1) is 28.6 Å². The third-order valence-corrected chi connectivity index (χ3v) is 7.06. The standard InChI is InChI=1S/C18H30N2O/c1-12-3-15(9-19)10-20(12)16(21)18-7-13-4-14(8-18)6-17(2,5-13)11-18/h12-15H,3-11,19H2,1-2H3. The van der Waals surface area contributed by atoms with E-state index in [2.05, 4.69) is 18.7 Å². The average Bonchev–Trinajstić information content (AvgIpc) is 2.76. The maximum absolute atomic E-state index is 13.4. The lowest BCUT2D eigenvalue weighted by Gasteiger charge is -2.61. The number of nitrogens with two attached hydrogens (primary N) is 1. The maximum Gasteiger partial charge on any atom is 0.229 e. The molecule has 4 atom stereocenters. The van der Waals surface area contributed by atoms with Crippen molar-refractivity contribution < 1.29 is 4.79 Å². The van der Waals surface area contributed by atoms with Crippen LogP contribution in [-0.4, -0.2) is 29.9 Å². The molecule has 0 aromatic carbocycles. The summed E-state index contributed by atoms with van der Waals surface area (Å²) in [5, 5.41) is 0. The van der Waals surface area contributed by atoms with Crippen LogP contribution in [0.5, 0.6) is 0 Å². The third-order valence-electron chi connectivity index (χ3n) is 7.06. The Morgan fingerprint density at radius 3 is 2.38 bits per heavy atom. The van der Waals surface area contributed by atoms with Gasteiger partial charge in [0.25, 0.3) is 0 Å². The van der Waals surface area contributed by atoms with Gasteiger partial charge < -0.3 is 10.6 Å². The zero-order valence-electron chi connectivity index (χ0n) is 13.6. The molecule has 1 heterocycles. The van der Waals surface area contributed by atoms with Gasteiger partial charge in [-0.05, 0) is 81.6 Å². The van der Waals surface area contributed by atoms with Crippen LogP contribution in [0.1, 0.15) is 58.8 Å². The number of amides is 1. The fourth-order valence-electron chi connectivity index (χ4n) is 6.87. The normalized spacial score (nSPS) is 51.7.